The fourth-order valence-corrected chi connectivity index (χ4v) is 4.53. The molecule has 3 aromatic heterocycles. The molecule has 0 radical (unpaired) electrons. The highest BCUT2D eigenvalue weighted by atomic mass is 19.4. The monoisotopic (exact) mass is 560 g/mol. The third kappa shape index (κ3) is 5.45. The first-order valence-electron chi connectivity index (χ1n) is 12.9. The first-order chi connectivity index (χ1) is 18.8. The summed E-state index contributed by atoms with van der Waals surface area (Å²) in [5, 5.41) is 13.9. The van der Waals surface area contributed by atoms with E-state index in [1.807, 2.05) is 6.92 Å². The highest BCUT2D eigenvalue weighted by Crippen LogP contribution is 2.30. The molecule has 1 aromatic carbocycles. The number of hydrogen-bond acceptors (Lipinski definition) is 5. The molecule has 0 aliphatic carbocycles. The number of carboxylic acid groups (broad SMARTS) is 1. The molecule has 13 heteroatoms. The lowest BCUT2D eigenvalue weighted by Gasteiger charge is -2.20. The van der Waals surface area contributed by atoms with Gasteiger partial charge in [0.2, 0.25) is 0 Å². The van der Waals surface area contributed by atoms with Crippen molar-refractivity contribution < 1.29 is 23.1 Å². The fraction of sp³-hybridized carbons (Fsp3) is 0.444. The fourth-order valence-electron chi connectivity index (χ4n) is 4.53. The van der Waals surface area contributed by atoms with E-state index in [9.17, 15) is 32.7 Å². The number of imidazole rings is 1. The minimum Gasteiger partial charge on any atom is -0.481 e. The Morgan fingerprint density at radius 3 is 2.40 bits per heavy atom. The highest BCUT2D eigenvalue weighted by molar-refractivity contribution is 5.77. The van der Waals surface area contributed by atoms with Gasteiger partial charge < -0.3 is 9.67 Å². The molecule has 40 heavy (non-hydrogen) atoms. The molecular weight excluding hydrogens is 529 g/mol. The molecule has 4 aromatic rings. The zero-order valence-corrected chi connectivity index (χ0v) is 22.7. The van der Waals surface area contributed by atoms with Crippen LogP contribution < -0.4 is 11.2 Å². The Kier molecular flexibility index (Phi) is 7.77. The van der Waals surface area contributed by atoms with E-state index in [2.05, 4.69) is 10.1 Å². The van der Waals surface area contributed by atoms with Crippen molar-refractivity contribution in [2.45, 2.75) is 72.9 Å². The largest absolute Gasteiger partial charge is 0.481 e. The second-order valence-corrected chi connectivity index (χ2v) is 10.3. The Morgan fingerprint density at radius 1 is 1.05 bits per heavy atom. The first-order valence-corrected chi connectivity index (χ1v) is 12.9. The molecule has 0 aliphatic heterocycles. The molecule has 0 amide bonds. The van der Waals surface area contributed by atoms with Crippen molar-refractivity contribution >= 4 is 17.1 Å². The molecule has 0 fully saturated rings. The van der Waals surface area contributed by atoms with Gasteiger partial charge in [-0.1, -0.05) is 19.1 Å². The lowest BCUT2D eigenvalue weighted by molar-refractivity contribution is -0.147. The van der Waals surface area contributed by atoms with E-state index in [1.165, 1.54) is 21.5 Å². The smallest absolute Gasteiger partial charge is 0.416 e. The van der Waals surface area contributed by atoms with Gasteiger partial charge in [0.15, 0.2) is 11.2 Å². The number of nitrogens with zero attached hydrogens (tertiary/aromatic N) is 6. The minimum absolute atomic E-state index is 0.0547. The quantitative estimate of drug-likeness (QED) is 0.310. The summed E-state index contributed by atoms with van der Waals surface area (Å²) in [4.78, 5) is 43.1. The van der Waals surface area contributed by atoms with Crippen LogP contribution in [0.2, 0.25) is 0 Å². The number of carboxylic acids is 1. The second-order valence-electron chi connectivity index (χ2n) is 10.3. The molecule has 0 saturated heterocycles. The van der Waals surface area contributed by atoms with Crippen molar-refractivity contribution in [2.75, 3.05) is 0 Å². The number of hydrogen-bond donors (Lipinski definition) is 1. The number of rotatable bonds is 10. The summed E-state index contributed by atoms with van der Waals surface area (Å²) < 4.78 is 45.1. The summed E-state index contributed by atoms with van der Waals surface area (Å²) in [6.45, 7) is 7.42. The van der Waals surface area contributed by atoms with Crippen molar-refractivity contribution in [3.63, 3.8) is 0 Å². The van der Waals surface area contributed by atoms with E-state index in [0.717, 1.165) is 16.7 Å². The van der Waals surface area contributed by atoms with Gasteiger partial charge in [0.1, 0.15) is 5.82 Å². The Morgan fingerprint density at radius 2 is 1.77 bits per heavy atom. The average Bonchev–Trinajstić information content (AvgIpc) is 3.50. The van der Waals surface area contributed by atoms with Gasteiger partial charge in [0.25, 0.3) is 5.56 Å². The van der Waals surface area contributed by atoms with Gasteiger partial charge in [-0.25, -0.2) is 9.78 Å². The minimum atomic E-state index is -4.47. The standard InChI is InChI=1S/C27H31F3N6O4/c1-5-11-36-23(37)20-22(34(6-2)25(36)40)32-21(35(20)12-10-26(3,4)24(38)39)18-14-31-33(16-18)15-17-8-7-9-19(13-17)27(28,29)30/h7-9,13-14,16H,5-6,10-12,15H2,1-4H3,(H,38,39). The molecule has 0 bridgehead atoms. The van der Waals surface area contributed by atoms with Crippen LogP contribution in [0.15, 0.2) is 46.2 Å². The lowest BCUT2D eigenvalue weighted by atomic mass is 9.89. The maximum absolute atomic E-state index is 13.6. The highest BCUT2D eigenvalue weighted by Gasteiger charge is 2.31. The normalized spacial score (nSPS) is 12.4. The molecule has 0 spiro atoms. The third-order valence-electron chi connectivity index (χ3n) is 6.91. The number of aliphatic carboxylic acids is 1. The van der Waals surface area contributed by atoms with Crippen LogP contribution in [0.1, 0.15) is 51.7 Å². The van der Waals surface area contributed by atoms with E-state index < -0.39 is 34.4 Å². The van der Waals surface area contributed by atoms with Crippen LogP contribution in [0.25, 0.3) is 22.6 Å². The predicted molar refractivity (Wildman–Crippen MR) is 142 cm³/mol. The van der Waals surface area contributed by atoms with Crippen LogP contribution >= 0.6 is 0 Å². The van der Waals surface area contributed by atoms with Gasteiger partial charge >= 0.3 is 17.8 Å². The van der Waals surface area contributed by atoms with Crippen LogP contribution in [0.5, 0.6) is 0 Å². The Hall–Kier alpha value is -4.16. The third-order valence-corrected chi connectivity index (χ3v) is 6.91. The summed E-state index contributed by atoms with van der Waals surface area (Å²) in [6, 6.07) is 4.95. The van der Waals surface area contributed by atoms with Crippen LogP contribution in [0, 0.1) is 5.41 Å². The molecule has 3 heterocycles. The van der Waals surface area contributed by atoms with Gasteiger partial charge in [0, 0.05) is 25.8 Å². The van der Waals surface area contributed by atoms with Crippen LogP contribution in [0.3, 0.4) is 0 Å². The Balaban J connectivity index is 1.85. The molecule has 0 saturated carbocycles. The molecule has 0 aliphatic rings. The van der Waals surface area contributed by atoms with Gasteiger partial charge in [-0.15, -0.1) is 0 Å². The summed E-state index contributed by atoms with van der Waals surface area (Å²) in [5.74, 6) is -0.694. The van der Waals surface area contributed by atoms with Gasteiger partial charge in [0.05, 0.1) is 29.3 Å². The number of halogens is 3. The number of carbonyl (C=O) groups is 1. The molecule has 1 N–H and O–H groups in total. The Labute approximate surface area is 227 Å². The molecule has 0 unspecified atom stereocenters. The Bertz CT molecular complexity index is 1680. The summed E-state index contributed by atoms with van der Waals surface area (Å²) >= 11 is 0. The summed E-state index contributed by atoms with van der Waals surface area (Å²) in [5.41, 5.74) is -1.66. The molecule has 4 rings (SSSR count). The molecule has 0 atom stereocenters. The van der Waals surface area contributed by atoms with Crippen molar-refractivity contribution in [2.24, 2.45) is 5.41 Å². The predicted octanol–water partition coefficient (Wildman–Crippen LogP) is 4.22. The number of benzene rings is 1. The number of aromatic nitrogens is 6. The van der Waals surface area contributed by atoms with E-state index in [0.29, 0.717) is 23.4 Å². The van der Waals surface area contributed by atoms with Crippen LogP contribution in [0.4, 0.5) is 13.2 Å². The van der Waals surface area contributed by atoms with Crippen molar-refractivity contribution in [3.05, 3.63) is 68.6 Å². The maximum atomic E-state index is 13.6. The van der Waals surface area contributed by atoms with Crippen LogP contribution in [-0.2, 0) is 37.1 Å². The SMILES string of the molecule is CCCn1c(=O)c2c(nc(-c3cnn(Cc4cccc(C(F)(F)F)c4)c3)n2CCC(C)(C)C(=O)O)n(CC)c1=O. The summed E-state index contributed by atoms with van der Waals surface area (Å²) in [6.07, 6.45) is -0.678. The van der Waals surface area contributed by atoms with E-state index in [1.54, 1.807) is 37.6 Å². The summed E-state index contributed by atoms with van der Waals surface area (Å²) in [7, 11) is 0. The van der Waals surface area contributed by atoms with Crippen molar-refractivity contribution in [1.29, 1.82) is 0 Å². The average molecular weight is 561 g/mol. The molecule has 214 valence electrons. The second kappa shape index (κ2) is 10.8. The van der Waals surface area contributed by atoms with Gasteiger partial charge in [-0.3, -0.25) is 23.4 Å². The number of alkyl halides is 3. The van der Waals surface area contributed by atoms with Gasteiger partial charge in [-0.2, -0.15) is 18.3 Å². The number of aryl methyl sites for hydroxylation is 2. The van der Waals surface area contributed by atoms with Crippen molar-refractivity contribution in [3.8, 4) is 11.4 Å². The zero-order valence-electron chi connectivity index (χ0n) is 22.7. The maximum Gasteiger partial charge on any atom is 0.416 e. The first kappa shape index (κ1) is 28.8. The molecular formula is C27H31F3N6O4. The van der Waals surface area contributed by atoms with Crippen LogP contribution in [-0.4, -0.2) is 39.5 Å². The lowest BCUT2D eigenvalue weighted by Crippen LogP contribution is -2.40. The topological polar surface area (TPSA) is 117 Å². The van der Waals surface area contributed by atoms with Crippen molar-refractivity contribution in [1.82, 2.24) is 28.5 Å². The molecule has 10 nitrogen and oxygen atoms in total. The zero-order chi connectivity index (χ0) is 29.4. The van der Waals surface area contributed by atoms with E-state index in [-0.39, 0.29) is 43.8 Å². The number of fused-ring (bicyclic) bond motifs is 1. The van der Waals surface area contributed by atoms with E-state index >= 15 is 0 Å². The van der Waals surface area contributed by atoms with Gasteiger partial charge in [-0.05, 0) is 51.3 Å². The van der Waals surface area contributed by atoms with E-state index in [4.69, 9.17) is 0 Å².